The number of benzene rings is 1. The largest absolute Gasteiger partial charge is 0.394 e. The van der Waals surface area contributed by atoms with Crippen LogP contribution in [0.1, 0.15) is 31.0 Å². The Morgan fingerprint density at radius 3 is 2.50 bits per heavy atom. The molecule has 4 heteroatoms. The topological polar surface area (TPSA) is 46.2 Å². The molecule has 0 fully saturated rings. The van der Waals surface area contributed by atoms with Gasteiger partial charge in [-0.25, -0.2) is 8.78 Å². The molecule has 0 saturated heterocycles. The van der Waals surface area contributed by atoms with Gasteiger partial charge in [0.25, 0.3) is 5.92 Å². The minimum atomic E-state index is -2.87. The van der Waals surface area contributed by atoms with Gasteiger partial charge in [0.2, 0.25) is 0 Å². The van der Waals surface area contributed by atoms with Crippen LogP contribution in [0.3, 0.4) is 0 Å². The predicted molar refractivity (Wildman–Crippen MR) is 59.2 cm³/mol. The number of rotatable bonds is 4. The normalized spacial score (nSPS) is 14.2. The Morgan fingerprint density at radius 2 is 2.00 bits per heavy atom. The van der Waals surface area contributed by atoms with Crippen molar-refractivity contribution in [2.24, 2.45) is 11.7 Å². The van der Waals surface area contributed by atoms with Crippen molar-refractivity contribution in [2.45, 2.75) is 25.8 Å². The zero-order valence-electron chi connectivity index (χ0n) is 9.45. The van der Waals surface area contributed by atoms with Crippen molar-refractivity contribution >= 4 is 0 Å². The molecule has 90 valence electrons. The van der Waals surface area contributed by atoms with E-state index in [1.54, 1.807) is 6.07 Å². The summed E-state index contributed by atoms with van der Waals surface area (Å²) in [5.74, 6) is -3.64. The minimum Gasteiger partial charge on any atom is -0.394 e. The van der Waals surface area contributed by atoms with Gasteiger partial charge in [-0.05, 0) is 11.6 Å². The van der Waals surface area contributed by atoms with Gasteiger partial charge >= 0.3 is 0 Å². The number of hydrogen-bond acceptors (Lipinski definition) is 2. The molecule has 0 bridgehead atoms. The molecule has 0 aliphatic carbocycles. The van der Waals surface area contributed by atoms with Crippen LogP contribution in [0.2, 0.25) is 0 Å². The summed E-state index contributed by atoms with van der Waals surface area (Å²) in [6, 6.07) is 5.31. The molecule has 1 atom stereocenters. The summed E-state index contributed by atoms with van der Waals surface area (Å²) in [6.45, 7) is 2.69. The number of nitrogens with two attached hydrogens (primary N) is 1. The van der Waals surface area contributed by atoms with E-state index in [0.29, 0.717) is 5.56 Å². The van der Waals surface area contributed by atoms with Gasteiger partial charge in [0.05, 0.1) is 12.6 Å². The molecule has 2 nitrogen and oxygen atoms in total. The van der Waals surface area contributed by atoms with Crippen molar-refractivity contribution in [3.8, 4) is 0 Å². The molecular weight excluding hydrogens is 212 g/mol. The second kappa shape index (κ2) is 4.89. The molecule has 1 aromatic rings. The van der Waals surface area contributed by atoms with E-state index in [1.165, 1.54) is 32.0 Å². The van der Waals surface area contributed by atoms with Crippen LogP contribution in [0, 0.1) is 5.92 Å². The highest BCUT2D eigenvalue weighted by molar-refractivity contribution is 5.29. The highest BCUT2D eigenvalue weighted by Gasteiger charge is 2.35. The lowest BCUT2D eigenvalue weighted by atomic mass is 9.95. The molecule has 0 aliphatic heterocycles. The van der Waals surface area contributed by atoms with Crippen molar-refractivity contribution in [2.75, 3.05) is 6.61 Å². The molecule has 0 aromatic heterocycles. The van der Waals surface area contributed by atoms with Gasteiger partial charge in [-0.2, -0.15) is 0 Å². The monoisotopic (exact) mass is 229 g/mol. The lowest BCUT2D eigenvalue weighted by Crippen LogP contribution is -2.22. The maximum Gasteiger partial charge on any atom is 0.275 e. The fourth-order valence-electron chi connectivity index (χ4n) is 1.42. The van der Waals surface area contributed by atoms with E-state index < -0.39 is 17.9 Å². The second-order valence-corrected chi connectivity index (χ2v) is 4.19. The van der Waals surface area contributed by atoms with Crippen molar-refractivity contribution in [3.63, 3.8) is 0 Å². The summed E-state index contributed by atoms with van der Waals surface area (Å²) in [7, 11) is 0. The van der Waals surface area contributed by atoms with Crippen LogP contribution in [-0.4, -0.2) is 11.7 Å². The summed E-state index contributed by atoms with van der Waals surface area (Å²) >= 11 is 0. The van der Waals surface area contributed by atoms with E-state index in [1.807, 2.05) is 0 Å². The lowest BCUT2D eigenvalue weighted by Gasteiger charge is -2.22. The van der Waals surface area contributed by atoms with Gasteiger partial charge < -0.3 is 10.8 Å². The van der Waals surface area contributed by atoms with Crippen molar-refractivity contribution in [1.29, 1.82) is 0 Å². The average Bonchev–Trinajstić information content (AvgIpc) is 2.28. The maximum atomic E-state index is 13.7. The van der Waals surface area contributed by atoms with E-state index in [9.17, 15) is 8.78 Å². The van der Waals surface area contributed by atoms with Gasteiger partial charge in [0, 0.05) is 11.5 Å². The highest BCUT2D eigenvalue weighted by atomic mass is 19.3. The van der Waals surface area contributed by atoms with Crippen LogP contribution in [0.5, 0.6) is 0 Å². The Balaban J connectivity index is 3.07. The van der Waals surface area contributed by atoms with Crippen molar-refractivity contribution in [3.05, 3.63) is 35.4 Å². The predicted octanol–water partition coefficient (Wildman–Crippen LogP) is 2.43. The molecular formula is C12H17F2NO. The summed E-state index contributed by atoms with van der Waals surface area (Å²) < 4.78 is 27.4. The summed E-state index contributed by atoms with van der Waals surface area (Å²) in [5.41, 5.74) is 6.06. The first kappa shape index (κ1) is 13.1. The first-order chi connectivity index (χ1) is 7.39. The van der Waals surface area contributed by atoms with E-state index in [4.69, 9.17) is 10.8 Å². The Labute approximate surface area is 94.1 Å². The zero-order valence-corrected chi connectivity index (χ0v) is 9.45. The van der Waals surface area contributed by atoms with Crippen molar-refractivity contribution in [1.82, 2.24) is 0 Å². The first-order valence-corrected chi connectivity index (χ1v) is 5.24. The Morgan fingerprint density at radius 1 is 1.38 bits per heavy atom. The first-order valence-electron chi connectivity index (χ1n) is 5.24. The number of alkyl halides is 2. The summed E-state index contributed by atoms with van der Waals surface area (Å²) in [6.07, 6.45) is 0. The Hall–Kier alpha value is -1.00. The number of aliphatic hydroxyl groups excluding tert-OH is 1. The number of hydrogen-bond donors (Lipinski definition) is 2. The summed E-state index contributed by atoms with van der Waals surface area (Å²) in [5, 5.41) is 8.88. The van der Waals surface area contributed by atoms with Gasteiger partial charge in [0.15, 0.2) is 0 Å². The third-order valence-corrected chi connectivity index (χ3v) is 2.62. The molecule has 3 N–H and O–H groups in total. The SMILES string of the molecule is CC(C)C(F)(F)c1cccc(C(N)CO)c1. The van der Waals surface area contributed by atoms with E-state index in [-0.39, 0.29) is 12.2 Å². The van der Waals surface area contributed by atoms with Crippen LogP contribution in [0.25, 0.3) is 0 Å². The van der Waals surface area contributed by atoms with Gasteiger partial charge in [0.1, 0.15) is 0 Å². The Bertz CT molecular complexity index is 353. The molecule has 0 amide bonds. The van der Waals surface area contributed by atoms with Crippen molar-refractivity contribution < 1.29 is 13.9 Å². The highest BCUT2D eigenvalue weighted by Crippen LogP contribution is 2.36. The average molecular weight is 229 g/mol. The molecule has 1 aromatic carbocycles. The second-order valence-electron chi connectivity index (χ2n) is 4.19. The smallest absolute Gasteiger partial charge is 0.275 e. The van der Waals surface area contributed by atoms with E-state index in [0.717, 1.165) is 0 Å². The summed E-state index contributed by atoms with van der Waals surface area (Å²) in [4.78, 5) is 0. The molecule has 0 radical (unpaired) electrons. The molecule has 0 saturated carbocycles. The minimum absolute atomic E-state index is 0.0519. The van der Waals surface area contributed by atoms with Crippen LogP contribution < -0.4 is 5.73 Å². The van der Waals surface area contributed by atoms with Crippen LogP contribution >= 0.6 is 0 Å². The van der Waals surface area contributed by atoms with Gasteiger partial charge in [-0.3, -0.25) is 0 Å². The quantitative estimate of drug-likeness (QED) is 0.833. The maximum absolute atomic E-state index is 13.7. The standard InChI is InChI=1S/C12H17F2NO/c1-8(2)12(13,14)10-5-3-4-9(6-10)11(15)7-16/h3-6,8,11,16H,7,15H2,1-2H3. The van der Waals surface area contributed by atoms with Gasteiger partial charge in [-0.1, -0.05) is 32.0 Å². The molecule has 0 heterocycles. The Kier molecular flexibility index (Phi) is 3.99. The molecule has 1 unspecified atom stereocenters. The molecule has 16 heavy (non-hydrogen) atoms. The fourth-order valence-corrected chi connectivity index (χ4v) is 1.42. The third-order valence-electron chi connectivity index (χ3n) is 2.62. The van der Waals surface area contributed by atoms with Crippen LogP contribution in [0.4, 0.5) is 8.78 Å². The molecule has 1 rings (SSSR count). The van der Waals surface area contributed by atoms with Crippen LogP contribution in [0.15, 0.2) is 24.3 Å². The van der Waals surface area contributed by atoms with Crippen LogP contribution in [-0.2, 0) is 5.92 Å². The molecule has 0 aliphatic rings. The lowest BCUT2D eigenvalue weighted by molar-refractivity contribution is -0.0514. The number of halogens is 2. The third kappa shape index (κ3) is 2.57. The van der Waals surface area contributed by atoms with Gasteiger partial charge in [-0.15, -0.1) is 0 Å². The van der Waals surface area contributed by atoms with E-state index in [2.05, 4.69) is 0 Å². The number of aliphatic hydroxyl groups is 1. The molecule has 0 spiro atoms. The van der Waals surface area contributed by atoms with E-state index >= 15 is 0 Å². The fraction of sp³-hybridized carbons (Fsp3) is 0.500. The zero-order chi connectivity index (χ0) is 12.3.